The van der Waals surface area contributed by atoms with Crippen LogP contribution in [0.2, 0.25) is 0 Å². The van der Waals surface area contributed by atoms with Gasteiger partial charge in [-0.05, 0) is 31.2 Å². The number of benzene rings is 1. The summed E-state index contributed by atoms with van der Waals surface area (Å²) in [6.07, 6.45) is 0. The molecule has 19 heavy (non-hydrogen) atoms. The van der Waals surface area contributed by atoms with Crippen LogP contribution >= 0.6 is 0 Å². The molecule has 1 heterocycles. The number of carbonyl (C=O) groups is 1. The Kier molecular flexibility index (Phi) is 3.75. The molecule has 0 saturated carbocycles. The lowest BCUT2D eigenvalue weighted by Crippen LogP contribution is -2.59. The third-order valence-electron chi connectivity index (χ3n) is 3.04. The largest absolute Gasteiger partial charge is 0.338 e. The van der Waals surface area contributed by atoms with Crippen molar-refractivity contribution in [1.82, 2.24) is 10.2 Å². The van der Waals surface area contributed by atoms with E-state index >= 15 is 0 Å². The summed E-state index contributed by atoms with van der Waals surface area (Å²) in [5.74, 6) is -0.475. The van der Waals surface area contributed by atoms with Gasteiger partial charge >= 0.3 is 6.03 Å². The van der Waals surface area contributed by atoms with Crippen molar-refractivity contribution in [3.8, 4) is 0 Å². The maximum Gasteiger partial charge on any atom is 0.317 e. The molecule has 0 atom stereocenters. The molecule has 0 radical (unpaired) electrons. The predicted octanol–water partition coefficient (Wildman–Crippen LogP) is 1.01. The normalized spacial score (nSPS) is 16.0. The summed E-state index contributed by atoms with van der Waals surface area (Å²) in [6, 6.07) is 4.48. The van der Waals surface area contributed by atoms with E-state index in [-0.39, 0.29) is 24.0 Å². The van der Waals surface area contributed by atoms with Gasteiger partial charge in [0.05, 0.1) is 4.90 Å². The second-order valence-electron chi connectivity index (χ2n) is 4.36. The van der Waals surface area contributed by atoms with Crippen LogP contribution in [-0.2, 0) is 9.84 Å². The Morgan fingerprint density at radius 3 is 2.47 bits per heavy atom. The first kappa shape index (κ1) is 13.8. The van der Waals surface area contributed by atoms with Crippen molar-refractivity contribution in [2.45, 2.75) is 17.1 Å². The van der Waals surface area contributed by atoms with Crippen LogP contribution in [0, 0.1) is 5.82 Å². The summed E-state index contributed by atoms with van der Waals surface area (Å²) in [7, 11) is -3.49. The highest BCUT2D eigenvalue weighted by atomic mass is 32.2. The van der Waals surface area contributed by atoms with Crippen LogP contribution in [0.3, 0.4) is 0 Å². The minimum absolute atomic E-state index is 0.0921. The number of rotatable bonds is 3. The number of amides is 2. The molecule has 1 fully saturated rings. The van der Waals surface area contributed by atoms with Gasteiger partial charge in [-0.25, -0.2) is 17.6 Å². The summed E-state index contributed by atoms with van der Waals surface area (Å²) in [4.78, 5) is 13.0. The molecule has 0 unspecified atom stereocenters. The van der Waals surface area contributed by atoms with Crippen LogP contribution in [0.25, 0.3) is 0 Å². The molecule has 7 heteroatoms. The van der Waals surface area contributed by atoms with Crippen LogP contribution in [0.15, 0.2) is 29.2 Å². The standard InChI is InChI=1S/C12H15FN2O3S/c1-2-14-12(16)15-7-11(8-15)19(17,18)10-5-3-9(13)4-6-10/h3-6,11H,2,7-8H2,1H3,(H,14,16). The van der Waals surface area contributed by atoms with Crippen LogP contribution in [0.4, 0.5) is 9.18 Å². The Hall–Kier alpha value is -1.63. The molecule has 1 aliphatic rings. The number of sulfone groups is 1. The third-order valence-corrected chi connectivity index (χ3v) is 5.15. The number of carbonyl (C=O) groups excluding carboxylic acids is 1. The average Bonchev–Trinajstić information content (AvgIpc) is 2.27. The number of nitrogens with one attached hydrogen (secondary N) is 1. The van der Waals surface area contributed by atoms with Gasteiger partial charge in [0, 0.05) is 19.6 Å². The smallest absolute Gasteiger partial charge is 0.317 e. The first-order valence-corrected chi connectivity index (χ1v) is 7.52. The maximum atomic E-state index is 12.8. The second kappa shape index (κ2) is 5.16. The topological polar surface area (TPSA) is 66.5 Å². The zero-order valence-corrected chi connectivity index (χ0v) is 11.3. The second-order valence-corrected chi connectivity index (χ2v) is 6.59. The van der Waals surface area contributed by atoms with Gasteiger partial charge in [0.25, 0.3) is 0 Å². The molecule has 0 aliphatic carbocycles. The third kappa shape index (κ3) is 2.70. The zero-order chi connectivity index (χ0) is 14.0. The molecule has 1 aromatic rings. The predicted molar refractivity (Wildman–Crippen MR) is 68.0 cm³/mol. The van der Waals surface area contributed by atoms with Crippen molar-refractivity contribution in [2.24, 2.45) is 0 Å². The zero-order valence-electron chi connectivity index (χ0n) is 10.5. The summed E-state index contributed by atoms with van der Waals surface area (Å²) >= 11 is 0. The van der Waals surface area contributed by atoms with Crippen LogP contribution in [0.1, 0.15) is 6.92 Å². The van der Waals surface area contributed by atoms with E-state index in [0.29, 0.717) is 6.54 Å². The molecule has 104 valence electrons. The summed E-state index contributed by atoms with van der Waals surface area (Å²) < 4.78 is 37.1. The lowest BCUT2D eigenvalue weighted by atomic mass is 10.2. The number of hydrogen-bond acceptors (Lipinski definition) is 3. The van der Waals surface area contributed by atoms with Gasteiger partial charge in [0.15, 0.2) is 9.84 Å². The molecule has 1 aliphatic heterocycles. The highest BCUT2D eigenvalue weighted by Crippen LogP contribution is 2.23. The van der Waals surface area contributed by atoms with Gasteiger partial charge in [-0.3, -0.25) is 0 Å². The Bertz CT molecular complexity index is 565. The molecular weight excluding hydrogens is 271 g/mol. The summed E-state index contributed by atoms with van der Waals surface area (Å²) in [5, 5.41) is 2.00. The van der Waals surface area contributed by atoms with Gasteiger partial charge in [0.1, 0.15) is 11.1 Å². The van der Waals surface area contributed by atoms with Crippen LogP contribution in [-0.4, -0.2) is 44.2 Å². The molecule has 0 aromatic heterocycles. The van der Waals surface area contributed by atoms with Crippen molar-refractivity contribution in [3.05, 3.63) is 30.1 Å². The fraction of sp³-hybridized carbons (Fsp3) is 0.417. The molecular formula is C12H15FN2O3S. The van der Waals surface area contributed by atoms with Gasteiger partial charge in [-0.1, -0.05) is 0 Å². The SMILES string of the molecule is CCNC(=O)N1CC(S(=O)(=O)c2ccc(F)cc2)C1. The Labute approximate surface area is 111 Å². The molecule has 2 amide bonds. The van der Waals surface area contributed by atoms with Crippen molar-refractivity contribution in [2.75, 3.05) is 19.6 Å². The molecule has 2 rings (SSSR count). The molecule has 1 saturated heterocycles. The van der Waals surface area contributed by atoms with Crippen molar-refractivity contribution < 1.29 is 17.6 Å². The van der Waals surface area contributed by atoms with E-state index < -0.39 is 20.9 Å². The molecule has 0 spiro atoms. The first-order valence-electron chi connectivity index (χ1n) is 5.97. The molecule has 1 N–H and O–H groups in total. The van der Waals surface area contributed by atoms with Gasteiger partial charge in [-0.15, -0.1) is 0 Å². The highest BCUT2D eigenvalue weighted by Gasteiger charge is 2.40. The highest BCUT2D eigenvalue weighted by molar-refractivity contribution is 7.92. The van der Waals surface area contributed by atoms with Gasteiger partial charge in [0.2, 0.25) is 0 Å². The van der Waals surface area contributed by atoms with E-state index in [1.807, 2.05) is 0 Å². The lowest BCUT2D eigenvalue weighted by Gasteiger charge is -2.38. The van der Waals surface area contributed by atoms with E-state index in [2.05, 4.69) is 5.32 Å². The number of hydrogen-bond donors (Lipinski definition) is 1. The van der Waals surface area contributed by atoms with Crippen molar-refractivity contribution in [3.63, 3.8) is 0 Å². The van der Waals surface area contributed by atoms with E-state index in [9.17, 15) is 17.6 Å². The van der Waals surface area contributed by atoms with E-state index in [4.69, 9.17) is 0 Å². The van der Waals surface area contributed by atoms with Gasteiger partial charge < -0.3 is 10.2 Å². The lowest BCUT2D eigenvalue weighted by molar-refractivity contribution is 0.170. The Balaban J connectivity index is 2.04. The Morgan fingerprint density at radius 1 is 1.37 bits per heavy atom. The monoisotopic (exact) mass is 286 g/mol. The molecule has 1 aromatic carbocycles. The van der Waals surface area contributed by atoms with Crippen LogP contribution < -0.4 is 5.32 Å². The Morgan fingerprint density at radius 2 is 1.95 bits per heavy atom. The van der Waals surface area contributed by atoms with Crippen molar-refractivity contribution >= 4 is 15.9 Å². The van der Waals surface area contributed by atoms with Crippen molar-refractivity contribution in [1.29, 1.82) is 0 Å². The number of nitrogens with zero attached hydrogens (tertiary/aromatic N) is 1. The van der Waals surface area contributed by atoms with E-state index in [0.717, 1.165) is 12.1 Å². The molecule has 5 nitrogen and oxygen atoms in total. The van der Waals surface area contributed by atoms with E-state index in [1.165, 1.54) is 17.0 Å². The van der Waals surface area contributed by atoms with Crippen LogP contribution in [0.5, 0.6) is 0 Å². The first-order chi connectivity index (χ1) is 8.95. The average molecular weight is 286 g/mol. The quantitative estimate of drug-likeness (QED) is 0.843. The maximum absolute atomic E-state index is 12.8. The number of halogens is 1. The fourth-order valence-electron chi connectivity index (χ4n) is 1.88. The summed E-state index contributed by atoms with van der Waals surface area (Å²) in [5.41, 5.74) is 0. The molecule has 0 bridgehead atoms. The minimum atomic E-state index is -3.49. The number of urea groups is 1. The summed E-state index contributed by atoms with van der Waals surface area (Å²) in [6.45, 7) is 2.65. The van der Waals surface area contributed by atoms with Gasteiger partial charge in [-0.2, -0.15) is 0 Å². The van der Waals surface area contributed by atoms with E-state index in [1.54, 1.807) is 6.92 Å². The minimum Gasteiger partial charge on any atom is -0.338 e. The number of likely N-dealkylation sites (tertiary alicyclic amines) is 1. The fourth-order valence-corrected chi connectivity index (χ4v) is 3.53.